The first-order valence-corrected chi connectivity index (χ1v) is 8.37. The number of benzene rings is 1. The zero-order chi connectivity index (χ0) is 15.1. The second-order valence-electron chi connectivity index (χ2n) is 6.33. The highest BCUT2D eigenvalue weighted by Gasteiger charge is 2.26. The summed E-state index contributed by atoms with van der Waals surface area (Å²) in [6.07, 6.45) is 3.96. The first-order valence-electron chi connectivity index (χ1n) is 8.37. The number of hydrogen-bond donors (Lipinski definition) is 2. The van der Waals surface area contributed by atoms with Crippen LogP contribution in [0.3, 0.4) is 0 Å². The number of nitrogens with zero attached hydrogens (tertiary/aromatic N) is 1. The van der Waals surface area contributed by atoms with Gasteiger partial charge >= 0.3 is 0 Å². The van der Waals surface area contributed by atoms with Crippen LogP contribution in [0, 0.1) is 0 Å². The van der Waals surface area contributed by atoms with Gasteiger partial charge in [-0.05, 0) is 37.8 Å². The zero-order valence-electron chi connectivity index (χ0n) is 13.5. The van der Waals surface area contributed by atoms with Crippen LogP contribution >= 0.6 is 0 Å². The van der Waals surface area contributed by atoms with Crippen molar-refractivity contribution in [2.75, 3.05) is 26.2 Å². The highest BCUT2D eigenvalue weighted by atomic mass is 16.3. The molecule has 3 nitrogen and oxygen atoms in total. The lowest BCUT2D eigenvalue weighted by Crippen LogP contribution is -2.44. The highest BCUT2D eigenvalue weighted by Crippen LogP contribution is 2.16. The van der Waals surface area contributed by atoms with Gasteiger partial charge in [-0.15, -0.1) is 0 Å². The maximum Gasteiger partial charge on any atom is 0.0766 e. The average Bonchev–Trinajstić information content (AvgIpc) is 3.00. The lowest BCUT2D eigenvalue weighted by atomic mass is 9.97. The van der Waals surface area contributed by atoms with E-state index in [2.05, 4.69) is 54.4 Å². The molecule has 118 valence electrons. The van der Waals surface area contributed by atoms with Gasteiger partial charge in [0, 0.05) is 25.7 Å². The monoisotopic (exact) mass is 290 g/mol. The third kappa shape index (κ3) is 5.10. The average molecular weight is 290 g/mol. The van der Waals surface area contributed by atoms with Gasteiger partial charge in [0.1, 0.15) is 0 Å². The predicted molar refractivity (Wildman–Crippen MR) is 88.5 cm³/mol. The standard InChI is InChI=1S/C18H30N2O/c1-3-18(21,4-2)15-19-17-11-13-20(14-17)12-10-16-8-6-5-7-9-16/h5-9,17,19,21H,3-4,10-15H2,1-2H3. The van der Waals surface area contributed by atoms with Crippen molar-refractivity contribution in [2.24, 2.45) is 0 Å². The van der Waals surface area contributed by atoms with Crippen LogP contribution in [0.25, 0.3) is 0 Å². The molecule has 1 aliphatic heterocycles. The molecular weight excluding hydrogens is 260 g/mol. The molecule has 3 heteroatoms. The Balaban J connectivity index is 1.69. The first-order chi connectivity index (χ1) is 10.1. The minimum atomic E-state index is -0.530. The van der Waals surface area contributed by atoms with Gasteiger partial charge < -0.3 is 15.3 Å². The Morgan fingerprint density at radius 2 is 1.95 bits per heavy atom. The summed E-state index contributed by atoms with van der Waals surface area (Å²) < 4.78 is 0. The van der Waals surface area contributed by atoms with E-state index in [-0.39, 0.29) is 0 Å². The third-order valence-electron chi connectivity index (χ3n) is 4.87. The summed E-state index contributed by atoms with van der Waals surface area (Å²) in [6.45, 7) is 8.25. The largest absolute Gasteiger partial charge is 0.389 e. The van der Waals surface area contributed by atoms with Gasteiger partial charge in [-0.2, -0.15) is 0 Å². The fourth-order valence-electron chi connectivity index (χ4n) is 2.97. The second-order valence-corrected chi connectivity index (χ2v) is 6.33. The van der Waals surface area contributed by atoms with Crippen molar-refractivity contribution in [2.45, 2.75) is 51.2 Å². The second kappa shape index (κ2) is 7.92. The highest BCUT2D eigenvalue weighted by molar-refractivity contribution is 5.14. The predicted octanol–water partition coefficient (Wildman–Crippen LogP) is 2.44. The Morgan fingerprint density at radius 1 is 1.24 bits per heavy atom. The molecular formula is C18H30N2O. The summed E-state index contributed by atoms with van der Waals surface area (Å²) in [5, 5.41) is 13.9. The van der Waals surface area contributed by atoms with E-state index in [4.69, 9.17) is 0 Å². The molecule has 0 spiro atoms. The molecule has 0 saturated carbocycles. The SMILES string of the molecule is CCC(O)(CC)CNC1CCN(CCc2ccccc2)C1. The molecule has 1 aliphatic rings. The van der Waals surface area contributed by atoms with Crippen LogP contribution in [-0.4, -0.2) is 47.8 Å². The van der Waals surface area contributed by atoms with E-state index in [0.717, 1.165) is 38.9 Å². The minimum absolute atomic E-state index is 0.530. The first kappa shape index (κ1) is 16.5. The van der Waals surface area contributed by atoms with E-state index in [1.165, 1.54) is 18.5 Å². The molecule has 0 aliphatic carbocycles. The molecule has 0 radical (unpaired) electrons. The maximum atomic E-state index is 10.3. The van der Waals surface area contributed by atoms with Gasteiger partial charge in [0.15, 0.2) is 0 Å². The van der Waals surface area contributed by atoms with Gasteiger partial charge in [0.2, 0.25) is 0 Å². The Labute approximate surface area is 129 Å². The van der Waals surface area contributed by atoms with Crippen LogP contribution in [0.1, 0.15) is 38.7 Å². The molecule has 1 fully saturated rings. The van der Waals surface area contributed by atoms with Gasteiger partial charge in [0.05, 0.1) is 5.60 Å². The molecule has 1 heterocycles. The van der Waals surface area contributed by atoms with Crippen molar-refractivity contribution in [3.63, 3.8) is 0 Å². The van der Waals surface area contributed by atoms with Crippen LogP contribution in [-0.2, 0) is 6.42 Å². The summed E-state index contributed by atoms with van der Waals surface area (Å²) in [4.78, 5) is 2.53. The van der Waals surface area contributed by atoms with Crippen molar-refractivity contribution in [1.82, 2.24) is 10.2 Å². The molecule has 2 N–H and O–H groups in total. The topological polar surface area (TPSA) is 35.5 Å². The summed E-state index contributed by atoms with van der Waals surface area (Å²) in [6, 6.07) is 11.2. The normalized spacial score (nSPS) is 20.0. The summed E-state index contributed by atoms with van der Waals surface area (Å²) in [5.41, 5.74) is 0.887. The Kier molecular flexibility index (Phi) is 6.22. The van der Waals surface area contributed by atoms with Crippen LogP contribution in [0.2, 0.25) is 0 Å². The van der Waals surface area contributed by atoms with Crippen molar-refractivity contribution in [3.05, 3.63) is 35.9 Å². The summed E-state index contributed by atoms with van der Waals surface area (Å²) in [5.74, 6) is 0. The smallest absolute Gasteiger partial charge is 0.0766 e. The fraction of sp³-hybridized carbons (Fsp3) is 0.667. The van der Waals surface area contributed by atoms with Crippen LogP contribution in [0.15, 0.2) is 30.3 Å². The molecule has 0 aromatic heterocycles. The maximum absolute atomic E-state index is 10.3. The molecule has 1 aromatic rings. The lowest BCUT2D eigenvalue weighted by molar-refractivity contribution is 0.0301. The number of rotatable bonds is 8. The van der Waals surface area contributed by atoms with Crippen molar-refractivity contribution < 1.29 is 5.11 Å². The molecule has 0 amide bonds. The van der Waals surface area contributed by atoms with E-state index in [1.54, 1.807) is 0 Å². The van der Waals surface area contributed by atoms with Crippen molar-refractivity contribution >= 4 is 0 Å². The number of likely N-dealkylation sites (tertiary alicyclic amines) is 1. The fourth-order valence-corrected chi connectivity index (χ4v) is 2.97. The van der Waals surface area contributed by atoms with Gasteiger partial charge in [-0.3, -0.25) is 0 Å². The summed E-state index contributed by atoms with van der Waals surface area (Å²) in [7, 11) is 0. The Morgan fingerprint density at radius 3 is 2.62 bits per heavy atom. The summed E-state index contributed by atoms with van der Waals surface area (Å²) >= 11 is 0. The quantitative estimate of drug-likeness (QED) is 0.772. The zero-order valence-corrected chi connectivity index (χ0v) is 13.5. The molecule has 0 bridgehead atoms. The van der Waals surface area contributed by atoms with E-state index in [9.17, 15) is 5.11 Å². The number of aliphatic hydroxyl groups is 1. The van der Waals surface area contributed by atoms with E-state index >= 15 is 0 Å². The Hall–Kier alpha value is -0.900. The minimum Gasteiger partial charge on any atom is -0.389 e. The number of nitrogens with one attached hydrogen (secondary N) is 1. The molecule has 2 rings (SSSR count). The van der Waals surface area contributed by atoms with E-state index in [0.29, 0.717) is 6.04 Å². The third-order valence-corrected chi connectivity index (χ3v) is 4.87. The van der Waals surface area contributed by atoms with Gasteiger partial charge in [-0.1, -0.05) is 44.2 Å². The van der Waals surface area contributed by atoms with Crippen molar-refractivity contribution in [1.29, 1.82) is 0 Å². The van der Waals surface area contributed by atoms with Gasteiger partial charge in [0.25, 0.3) is 0 Å². The van der Waals surface area contributed by atoms with E-state index in [1.807, 2.05) is 0 Å². The lowest BCUT2D eigenvalue weighted by Gasteiger charge is -2.27. The van der Waals surface area contributed by atoms with Gasteiger partial charge in [-0.25, -0.2) is 0 Å². The molecule has 1 atom stereocenters. The van der Waals surface area contributed by atoms with Crippen molar-refractivity contribution in [3.8, 4) is 0 Å². The van der Waals surface area contributed by atoms with E-state index < -0.39 is 5.60 Å². The van der Waals surface area contributed by atoms with Crippen LogP contribution in [0.4, 0.5) is 0 Å². The van der Waals surface area contributed by atoms with Crippen LogP contribution < -0.4 is 5.32 Å². The Bertz CT molecular complexity index is 403. The number of hydrogen-bond acceptors (Lipinski definition) is 3. The molecule has 1 aromatic carbocycles. The molecule has 21 heavy (non-hydrogen) atoms. The molecule has 1 unspecified atom stereocenters. The van der Waals surface area contributed by atoms with Crippen LogP contribution in [0.5, 0.6) is 0 Å². The molecule has 1 saturated heterocycles.